The van der Waals surface area contributed by atoms with Crippen LogP contribution in [0.4, 0.5) is 11.4 Å². The summed E-state index contributed by atoms with van der Waals surface area (Å²) in [6.07, 6.45) is 1.80. The Morgan fingerprint density at radius 2 is 1.70 bits per heavy atom. The Bertz CT molecular complexity index is 1760. The van der Waals surface area contributed by atoms with Gasteiger partial charge in [-0.05, 0) is 98.4 Å². The highest BCUT2D eigenvalue weighted by Gasteiger charge is 2.42. The van der Waals surface area contributed by atoms with E-state index in [0.717, 1.165) is 34.0 Å². The quantitative estimate of drug-likeness (QED) is 0.180. The van der Waals surface area contributed by atoms with Crippen LogP contribution in [0.15, 0.2) is 109 Å². The molecule has 2 N–H and O–H groups in total. The van der Waals surface area contributed by atoms with Crippen LogP contribution < -0.4 is 20.3 Å². The zero-order chi connectivity index (χ0) is 29.9. The topological polar surface area (TPSA) is 71.4 Å². The maximum absolute atomic E-state index is 12.5. The van der Waals surface area contributed by atoms with Crippen LogP contribution in [0.5, 0.6) is 5.75 Å². The lowest BCUT2D eigenvalue weighted by Gasteiger charge is -2.28. The number of thiocarbonyl (C=S) groups is 1. The molecule has 2 atom stereocenters. The van der Waals surface area contributed by atoms with Crippen LogP contribution in [-0.2, 0) is 4.79 Å². The number of amides is 1. The van der Waals surface area contributed by atoms with E-state index in [4.69, 9.17) is 28.6 Å². The molecule has 1 aliphatic heterocycles. The van der Waals surface area contributed by atoms with E-state index in [1.54, 1.807) is 6.20 Å². The van der Waals surface area contributed by atoms with Crippen LogP contribution in [-0.4, -0.2) is 27.2 Å². The summed E-state index contributed by atoms with van der Waals surface area (Å²) in [4.78, 5) is 19.3. The molecule has 0 radical (unpaired) electrons. The molecule has 0 spiro atoms. The van der Waals surface area contributed by atoms with E-state index in [9.17, 15) is 4.79 Å². The molecule has 0 unspecified atom stereocenters. The number of rotatable bonds is 8. The number of pyridine rings is 1. The predicted octanol–water partition coefficient (Wildman–Crippen LogP) is 7.34. The summed E-state index contributed by atoms with van der Waals surface area (Å²) in [5, 5.41) is 7.71. The van der Waals surface area contributed by atoms with Gasteiger partial charge in [-0.1, -0.05) is 48.0 Å². The van der Waals surface area contributed by atoms with Crippen molar-refractivity contribution in [2.24, 2.45) is 0 Å². The monoisotopic (exact) mass is 607 g/mol. The van der Waals surface area contributed by atoms with Crippen molar-refractivity contribution in [3.8, 4) is 11.4 Å². The molecule has 5 aromatic rings. The van der Waals surface area contributed by atoms with Gasteiger partial charge in [0.15, 0.2) is 11.7 Å². The number of aryl methyl sites for hydroxylation is 1. The molecule has 6 rings (SSSR count). The first-order valence-electron chi connectivity index (χ1n) is 13.9. The fraction of sp³-hybridized carbons (Fsp3) is 0.147. The first-order chi connectivity index (χ1) is 20.9. The Hall–Kier alpha value is -4.66. The van der Waals surface area contributed by atoms with Gasteiger partial charge in [-0.25, -0.2) is 0 Å². The predicted molar refractivity (Wildman–Crippen MR) is 175 cm³/mol. The average Bonchev–Trinajstić information content (AvgIpc) is 3.52. The zero-order valence-electron chi connectivity index (χ0n) is 23.7. The van der Waals surface area contributed by atoms with Gasteiger partial charge in [-0.3, -0.25) is 9.78 Å². The molecule has 0 saturated carbocycles. The number of para-hydroxylation sites is 2. The molecule has 9 heteroatoms. The van der Waals surface area contributed by atoms with Crippen molar-refractivity contribution >= 4 is 46.2 Å². The number of anilines is 2. The van der Waals surface area contributed by atoms with Crippen LogP contribution in [0.3, 0.4) is 0 Å². The van der Waals surface area contributed by atoms with Crippen LogP contribution >= 0.6 is 23.8 Å². The van der Waals surface area contributed by atoms with E-state index < -0.39 is 0 Å². The number of halogens is 1. The first kappa shape index (κ1) is 28.5. The van der Waals surface area contributed by atoms with Gasteiger partial charge in [-0.2, -0.15) is 0 Å². The summed E-state index contributed by atoms with van der Waals surface area (Å²) in [5.74, 6) is 0.403. The Kier molecular flexibility index (Phi) is 8.13. The van der Waals surface area contributed by atoms with E-state index in [0.29, 0.717) is 21.6 Å². The number of hydrogen-bond donors (Lipinski definition) is 2. The van der Waals surface area contributed by atoms with Gasteiger partial charge in [0.2, 0.25) is 0 Å². The number of nitrogens with one attached hydrogen (secondary N) is 2. The van der Waals surface area contributed by atoms with Crippen molar-refractivity contribution in [1.29, 1.82) is 0 Å². The third kappa shape index (κ3) is 5.84. The van der Waals surface area contributed by atoms with E-state index in [1.807, 2.05) is 97.1 Å². The number of nitrogens with zero attached hydrogens (tertiary/aromatic N) is 3. The molecular formula is C34H30ClN5O2S. The molecule has 7 nitrogen and oxygen atoms in total. The van der Waals surface area contributed by atoms with E-state index >= 15 is 0 Å². The third-order valence-corrected chi connectivity index (χ3v) is 8.16. The Labute approximate surface area is 261 Å². The lowest BCUT2D eigenvalue weighted by molar-refractivity contribution is -0.118. The molecule has 3 aromatic carbocycles. The molecule has 0 bridgehead atoms. The first-order valence-corrected chi connectivity index (χ1v) is 14.7. The molecule has 3 heterocycles. The number of carbonyl (C=O) groups is 1. The summed E-state index contributed by atoms with van der Waals surface area (Å²) in [6, 6.07) is 32.5. The normalized spacial score (nSPS) is 16.2. The molecular weight excluding hydrogens is 578 g/mol. The number of aromatic nitrogens is 2. The summed E-state index contributed by atoms with van der Waals surface area (Å²) in [5.41, 5.74) is 6.61. The average molecular weight is 608 g/mol. The molecule has 216 valence electrons. The van der Waals surface area contributed by atoms with Gasteiger partial charge in [0.25, 0.3) is 5.91 Å². The van der Waals surface area contributed by atoms with Gasteiger partial charge >= 0.3 is 0 Å². The second-order valence-electron chi connectivity index (χ2n) is 10.3. The van der Waals surface area contributed by atoms with Gasteiger partial charge in [0.05, 0.1) is 28.5 Å². The standard InChI is InChI=1S/C34H30ClN5O2S/c1-22-20-27(23(2)39(22)30-14-7-6-12-28(30)35)33-32(29-13-8-9-19-36-29)38-34(43)40(33)25-17-15-24(16-18-25)37-31(41)21-42-26-10-4-3-5-11-26/h3-20,32-33H,21H2,1-2H3,(H,37,41)(H,38,43)/t32-,33+/m0/s1. The molecule has 1 amide bonds. The molecule has 2 aromatic heterocycles. The van der Waals surface area contributed by atoms with Crippen LogP contribution in [0.25, 0.3) is 5.69 Å². The van der Waals surface area contributed by atoms with Crippen molar-refractivity contribution in [2.75, 3.05) is 16.8 Å². The SMILES string of the molecule is Cc1cc([C@@H]2[C@H](c3ccccn3)NC(=S)N2c2ccc(NC(=O)COc3ccccc3)cc2)c(C)n1-c1ccccc1Cl. The van der Waals surface area contributed by atoms with Gasteiger partial charge < -0.3 is 24.8 Å². The van der Waals surface area contributed by atoms with E-state index in [1.165, 1.54) is 0 Å². The van der Waals surface area contributed by atoms with Gasteiger partial charge in [0, 0.05) is 29.0 Å². The second kappa shape index (κ2) is 12.3. The second-order valence-corrected chi connectivity index (χ2v) is 11.1. The number of carbonyl (C=O) groups excluding carboxylic acids is 1. The largest absolute Gasteiger partial charge is 0.484 e. The minimum Gasteiger partial charge on any atom is -0.484 e. The number of ether oxygens (including phenoxy) is 1. The Morgan fingerprint density at radius 3 is 2.42 bits per heavy atom. The maximum atomic E-state index is 12.5. The molecule has 43 heavy (non-hydrogen) atoms. The minimum absolute atomic E-state index is 0.0826. The van der Waals surface area contributed by atoms with Crippen molar-refractivity contribution < 1.29 is 9.53 Å². The summed E-state index contributed by atoms with van der Waals surface area (Å²) < 4.78 is 7.76. The summed E-state index contributed by atoms with van der Waals surface area (Å²) >= 11 is 12.6. The van der Waals surface area contributed by atoms with Gasteiger partial charge in [0.1, 0.15) is 5.75 Å². The fourth-order valence-electron chi connectivity index (χ4n) is 5.61. The van der Waals surface area contributed by atoms with Crippen molar-refractivity contribution in [3.63, 3.8) is 0 Å². The molecule has 0 aliphatic carbocycles. The number of benzene rings is 3. The van der Waals surface area contributed by atoms with Crippen LogP contribution in [0.2, 0.25) is 5.02 Å². The highest BCUT2D eigenvalue weighted by Crippen LogP contribution is 2.44. The minimum atomic E-state index is -0.241. The smallest absolute Gasteiger partial charge is 0.262 e. The third-order valence-electron chi connectivity index (χ3n) is 7.52. The van der Waals surface area contributed by atoms with Crippen molar-refractivity contribution in [2.45, 2.75) is 25.9 Å². The Balaban J connectivity index is 1.31. The highest BCUT2D eigenvalue weighted by molar-refractivity contribution is 7.80. The molecule has 1 aliphatic rings. The van der Waals surface area contributed by atoms with Crippen LogP contribution in [0, 0.1) is 13.8 Å². The van der Waals surface area contributed by atoms with Crippen LogP contribution in [0.1, 0.15) is 34.7 Å². The zero-order valence-corrected chi connectivity index (χ0v) is 25.3. The lowest BCUT2D eigenvalue weighted by atomic mass is 9.96. The fourth-order valence-corrected chi connectivity index (χ4v) is 6.17. The lowest BCUT2D eigenvalue weighted by Crippen LogP contribution is -2.29. The van der Waals surface area contributed by atoms with E-state index in [2.05, 4.69) is 45.0 Å². The summed E-state index contributed by atoms with van der Waals surface area (Å²) in [7, 11) is 0. The van der Waals surface area contributed by atoms with E-state index in [-0.39, 0.29) is 24.6 Å². The van der Waals surface area contributed by atoms with Gasteiger partial charge in [-0.15, -0.1) is 0 Å². The molecule has 1 fully saturated rings. The van der Waals surface area contributed by atoms with Crippen molar-refractivity contribution in [3.05, 3.63) is 137 Å². The number of hydrogen-bond acceptors (Lipinski definition) is 4. The maximum Gasteiger partial charge on any atom is 0.262 e. The molecule has 1 saturated heterocycles. The highest BCUT2D eigenvalue weighted by atomic mass is 35.5. The summed E-state index contributed by atoms with van der Waals surface area (Å²) in [6.45, 7) is 4.11. The Morgan fingerprint density at radius 1 is 0.977 bits per heavy atom. The van der Waals surface area contributed by atoms with Crippen molar-refractivity contribution in [1.82, 2.24) is 14.9 Å².